The summed E-state index contributed by atoms with van der Waals surface area (Å²) < 4.78 is 46.9. The zero-order valence-corrected chi connectivity index (χ0v) is 19.7. The van der Waals surface area contributed by atoms with Crippen LogP contribution in [-0.4, -0.2) is 52.1 Å². The second-order valence-corrected chi connectivity index (χ2v) is 11.1. The number of rotatable bonds is 5. The predicted molar refractivity (Wildman–Crippen MR) is 121 cm³/mol. The number of carbonyl (C=O) groups is 1. The van der Waals surface area contributed by atoms with Gasteiger partial charge in [0.2, 0.25) is 10.2 Å². The van der Waals surface area contributed by atoms with Gasteiger partial charge < -0.3 is 14.4 Å². The fourth-order valence-corrected chi connectivity index (χ4v) is 4.03. The number of pyridine rings is 1. The number of amides is 1. The highest BCUT2D eigenvalue weighted by atomic mass is 32.3. The van der Waals surface area contributed by atoms with E-state index < -0.39 is 21.6 Å². The van der Waals surface area contributed by atoms with Crippen LogP contribution in [0.5, 0.6) is 5.75 Å². The van der Waals surface area contributed by atoms with E-state index in [-0.39, 0.29) is 16.6 Å². The minimum atomic E-state index is -3.22. The molecule has 174 valence electrons. The van der Waals surface area contributed by atoms with E-state index in [9.17, 15) is 17.9 Å². The highest BCUT2D eigenvalue weighted by Crippen LogP contribution is 2.27. The van der Waals surface area contributed by atoms with Crippen molar-refractivity contribution in [1.82, 2.24) is 9.88 Å². The lowest BCUT2D eigenvalue weighted by molar-refractivity contribution is 0.0165. The predicted octanol–water partition coefficient (Wildman–Crippen LogP) is 4.87. The standard InChI is InChI=1S/C23H29FN2O5S/c1-23(2,3)31-22(27)26-11-9-16(10-12-26)15-30-17-5-8-21(25-14-17)19-7-6-18(13-20(19)24)32(4,28)29/h5-8,13-14,16H,9-12,15H2,1-4H3/p+1. The van der Waals surface area contributed by atoms with Gasteiger partial charge in [0, 0.05) is 24.7 Å². The molecule has 1 aromatic carbocycles. The van der Waals surface area contributed by atoms with Crippen LogP contribution in [0.25, 0.3) is 11.3 Å². The van der Waals surface area contributed by atoms with Crippen molar-refractivity contribution < 1.29 is 27.4 Å². The summed E-state index contributed by atoms with van der Waals surface area (Å²) in [6.07, 6.45) is 4.06. The summed E-state index contributed by atoms with van der Waals surface area (Å²) in [4.78, 5) is 18.2. The van der Waals surface area contributed by atoms with Crippen molar-refractivity contribution >= 4 is 16.3 Å². The normalized spacial score (nSPS) is 17.0. The van der Waals surface area contributed by atoms with Crippen LogP contribution in [0.4, 0.5) is 9.18 Å². The average molecular weight is 466 g/mol. The maximum Gasteiger partial charge on any atom is 0.410 e. The van der Waals surface area contributed by atoms with Crippen LogP contribution in [0.2, 0.25) is 0 Å². The average Bonchev–Trinajstić information content (AvgIpc) is 2.71. The Morgan fingerprint density at radius 3 is 2.47 bits per heavy atom. The Hall–Kier alpha value is -2.52. The minimum absolute atomic E-state index is 0.0384. The van der Waals surface area contributed by atoms with Crippen LogP contribution in [0.15, 0.2) is 41.4 Å². The van der Waals surface area contributed by atoms with Gasteiger partial charge in [-0.2, -0.15) is 4.55 Å². The van der Waals surface area contributed by atoms with Gasteiger partial charge in [0.15, 0.2) is 4.90 Å². The molecule has 2 heterocycles. The molecule has 0 saturated carbocycles. The molecule has 1 amide bonds. The number of halogens is 1. The number of hydrogen-bond acceptors (Lipinski definition) is 5. The van der Waals surface area contributed by atoms with E-state index in [2.05, 4.69) is 4.98 Å². The van der Waals surface area contributed by atoms with Crippen LogP contribution >= 0.6 is 0 Å². The number of carbonyl (C=O) groups excluding carboxylic acids is 1. The molecule has 3 rings (SSSR count). The van der Waals surface area contributed by atoms with Crippen molar-refractivity contribution in [2.24, 2.45) is 5.92 Å². The van der Waals surface area contributed by atoms with Crippen LogP contribution in [0.1, 0.15) is 33.6 Å². The second-order valence-electron chi connectivity index (χ2n) is 9.05. The Balaban J connectivity index is 1.52. The Morgan fingerprint density at radius 2 is 1.94 bits per heavy atom. The van der Waals surface area contributed by atoms with Gasteiger partial charge >= 0.3 is 6.09 Å². The zero-order chi connectivity index (χ0) is 23.5. The van der Waals surface area contributed by atoms with Gasteiger partial charge in [-0.05, 0) is 63.8 Å². The van der Waals surface area contributed by atoms with E-state index in [1.54, 1.807) is 17.0 Å². The molecular weight excluding hydrogens is 435 g/mol. The number of piperidine rings is 1. The van der Waals surface area contributed by atoms with Crippen molar-refractivity contribution in [3.63, 3.8) is 0 Å². The molecule has 1 aliphatic heterocycles. The van der Waals surface area contributed by atoms with E-state index in [0.29, 0.717) is 37.1 Å². The van der Waals surface area contributed by atoms with E-state index in [1.165, 1.54) is 18.3 Å². The largest absolute Gasteiger partial charge is 0.492 e. The highest BCUT2D eigenvalue weighted by Gasteiger charge is 2.27. The molecule has 9 heteroatoms. The maximum absolute atomic E-state index is 14.4. The van der Waals surface area contributed by atoms with Gasteiger partial charge in [0.05, 0.1) is 18.5 Å². The molecule has 1 saturated heterocycles. The maximum atomic E-state index is 14.4. The summed E-state index contributed by atoms with van der Waals surface area (Å²) in [5.74, 6) is 0.289. The topological polar surface area (TPSA) is 89.0 Å². The van der Waals surface area contributed by atoms with Crippen molar-refractivity contribution in [2.45, 2.75) is 44.1 Å². The molecule has 0 radical (unpaired) electrons. The number of ether oxygens (including phenoxy) is 2. The molecule has 1 fully saturated rings. The monoisotopic (exact) mass is 465 g/mol. The third kappa shape index (κ3) is 6.49. The fourth-order valence-electron chi connectivity index (χ4n) is 3.39. The first kappa shape index (κ1) is 24.1. The molecule has 0 bridgehead atoms. The molecule has 1 aromatic heterocycles. The van der Waals surface area contributed by atoms with Gasteiger partial charge in [-0.25, -0.2) is 9.18 Å². The lowest BCUT2D eigenvalue weighted by Gasteiger charge is -2.33. The van der Waals surface area contributed by atoms with Crippen LogP contribution in [0, 0.1) is 11.7 Å². The summed E-state index contributed by atoms with van der Waals surface area (Å²) >= 11 is 0. The summed E-state index contributed by atoms with van der Waals surface area (Å²) in [7, 11) is -3.22. The van der Waals surface area contributed by atoms with Gasteiger partial charge in [0.1, 0.15) is 23.4 Å². The van der Waals surface area contributed by atoms with Crippen molar-refractivity contribution in [3.8, 4) is 17.0 Å². The Labute approximate surface area is 189 Å². The molecule has 1 N–H and O–H groups in total. The zero-order valence-electron chi connectivity index (χ0n) is 18.8. The van der Waals surface area contributed by atoms with E-state index in [0.717, 1.165) is 25.2 Å². The molecule has 1 atom stereocenters. The van der Waals surface area contributed by atoms with Gasteiger partial charge in [-0.15, -0.1) is 0 Å². The van der Waals surface area contributed by atoms with E-state index in [4.69, 9.17) is 9.47 Å². The Morgan fingerprint density at radius 1 is 1.25 bits per heavy atom. The van der Waals surface area contributed by atoms with Gasteiger partial charge in [0.25, 0.3) is 0 Å². The summed E-state index contributed by atoms with van der Waals surface area (Å²) in [5, 5.41) is 0. The highest BCUT2D eigenvalue weighted by molar-refractivity contribution is 7.97. The molecule has 1 unspecified atom stereocenters. The fraction of sp³-hybridized carbons (Fsp3) is 0.478. The molecule has 0 spiro atoms. The molecule has 1 aliphatic rings. The molecular formula is C23H30FN2O5S+. The summed E-state index contributed by atoms with van der Waals surface area (Å²) in [6.45, 7) is 7.33. The van der Waals surface area contributed by atoms with Crippen molar-refractivity contribution in [2.75, 3.05) is 26.0 Å². The third-order valence-electron chi connectivity index (χ3n) is 5.14. The van der Waals surface area contributed by atoms with Gasteiger partial charge in [-0.3, -0.25) is 4.98 Å². The van der Waals surface area contributed by atoms with Crippen LogP contribution < -0.4 is 4.74 Å². The summed E-state index contributed by atoms with van der Waals surface area (Å²) in [6, 6.07) is 7.32. The molecule has 7 nitrogen and oxygen atoms in total. The first-order valence-electron chi connectivity index (χ1n) is 10.5. The molecule has 0 aliphatic carbocycles. The van der Waals surface area contributed by atoms with E-state index >= 15 is 0 Å². The summed E-state index contributed by atoms with van der Waals surface area (Å²) in [5.41, 5.74) is 0.156. The van der Waals surface area contributed by atoms with Crippen molar-refractivity contribution in [3.05, 3.63) is 42.3 Å². The minimum Gasteiger partial charge on any atom is -0.492 e. The Bertz CT molecular complexity index is 992. The van der Waals surface area contributed by atoms with Crippen LogP contribution in [-0.2, 0) is 19.2 Å². The van der Waals surface area contributed by atoms with Gasteiger partial charge in [-0.1, -0.05) is 4.21 Å². The Kier molecular flexibility index (Phi) is 7.19. The lowest BCUT2D eigenvalue weighted by Crippen LogP contribution is -2.42. The van der Waals surface area contributed by atoms with Crippen LogP contribution in [0.3, 0.4) is 0 Å². The van der Waals surface area contributed by atoms with Crippen molar-refractivity contribution in [1.29, 1.82) is 0 Å². The first-order valence-corrected chi connectivity index (χ1v) is 12.4. The van der Waals surface area contributed by atoms with E-state index in [1.807, 2.05) is 20.8 Å². The quantitative estimate of drug-likeness (QED) is 0.634. The smallest absolute Gasteiger partial charge is 0.410 e. The molecule has 2 aromatic rings. The third-order valence-corrected chi connectivity index (χ3v) is 6.27. The number of nitrogens with zero attached hydrogens (tertiary/aromatic N) is 2. The first-order chi connectivity index (χ1) is 14.9. The number of likely N-dealkylation sites (tertiary alicyclic amines) is 1. The number of benzene rings is 1. The number of hydrogen-bond donors (Lipinski definition) is 1. The number of aromatic nitrogens is 1. The molecule has 32 heavy (non-hydrogen) atoms. The lowest BCUT2D eigenvalue weighted by atomic mass is 9.98. The SMILES string of the molecule is CC(C)(C)OC(=O)N1CCC(COc2ccc(-c3ccc([S+](C)(=O)O)cc3F)nc2)CC1. The second kappa shape index (κ2) is 9.54.